The number of furan rings is 1. The van der Waals surface area contributed by atoms with Crippen LogP contribution in [-0.2, 0) is 10.8 Å². The van der Waals surface area contributed by atoms with Crippen LogP contribution in [0, 0.1) is 0 Å². The molecule has 0 saturated heterocycles. The van der Waals surface area contributed by atoms with E-state index in [1.54, 1.807) is 41.5 Å². The smallest absolute Gasteiger partial charge is 0.252 e. The van der Waals surface area contributed by atoms with E-state index in [0.717, 1.165) is 14.0 Å². The Bertz CT molecular complexity index is 7770. The highest BCUT2D eigenvalue weighted by molar-refractivity contribution is 7.00. The number of anilines is 9. The summed E-state index contributed by atoms with van der Waals surface area (Å²) in [5, 5.41) is -3.14. The van der Waals surface area contributed by atoms with Gasteiger partial charge in [-0.15, -0.1) is 0 Å². The topological polar surface area (TPSA) is 32.7 Å². The van der Waals surface area contributed by atoms with Gasteiger partial charge in [0.25, 0.3) is 6.71 Å². The van der Waals surface area contributed by atoms with Gasteiger partial charge in [-0.1, -0.05) is 187 Å². The van der Waals surface area contributed by atoms with Crippen molar-refractivity contribution >= 4 is 140 Å². The maximum atomic E-state index is 11.5. The second-order valence-corrected chi connectivity index (χ2v) is 22.8. The van der Waals surface area contributed by atoms with Crippen molar-refractivity contribution in [3.05, 3.63) is 265 Å². The Kier molecular flexibility index (Phi) is 4.92. The molecule has 7 heteroatoms. The van der Waals surface area contributed by atoms with E-state index in [2.05, 4.69) is 0 Å². The predicted molar refractivity (Wildman–Crippen MR) is 367 cm³/mol. The van der Waals surface area contributed by atoms with E-state index in [0.29, 0.717) is 9.80 Å². The van der Waals surface area contributed by atoms with Crippen LogP contribution in [0.2, 0.25) is 0 Å². The zero-order valence-electron chi connectivity index (χ0n) is 88.2. The standard InChI is InChI=1S/C80H60BN5O/c1-79(2,3)50-36-42-67-62(44-50)63-45-51(80(4,5)6)37-43-68(63)84(67)55-40-41-64-71(46-55)83(54-38-34-49(35-39-54)57-26-17-28-61-59-25-14-16-33-74(59)87-78(57)61)72-47-56(82(52-20-9-7-10-21-52)53-22-11-8-12-23-53)48-73-75(72)81(64)65-29-19-32-70-77(65)86(73)69-31-18-27-60-58-24-13-15-30-66(58)85(70)76(60)69/h7-48H,1-6H3/i7D,8D,9D,10D,11D,12D,13D,14D,15D,16D,17D,18D,19D,20D,21D,22D,23D,24D,25D,26D,27D,28D,29D,30D,31D,32D,33D,34D,35D,36D,37D,38D,39D,40D,41D,42D,43D,44D,45D,46D,47D,48D. The molecule has 0 unspecified atom stereocenters. The lowest BCUT2D eigenvalue weighted by molar-refractivity contribution is 0.590. The lowest BCUT2D eigenvalue weighted by Gasteiger charge is -2.46. The molecule has 18 rings (SSSR count). The van der Waals surface area contributed by atoms with Gasteiger partial charge in [-0.2, -0.15) is 0 Å². The number of rotatable bonds is 6. The van der Waals surface area contributed by atoms with Crippen LogP contribution in [0.5, 0.6) is 0 Å². The van der Waals surface area contributed by atoms with Crippen molar-refractivity contribution in [3.8, 4) is 22.5 Å². The Hall–Kier alpha value is -10.5. The number of fused-ring (bicyclic) bond motifs is 15. The van der Waals surface area contributed by atoms with Crippen molar-refractivity contribution < 1.29 is 62.0 Å². The summed E-state index contributed by atoms with van der Waals surface area (Å²) in [7, 11) is 0. The second-order valence-electron chi connectivity index (χ2n) is 22.8. The van der Waals surface area contributed by atoms with Gasteiger partial charge in [-0.3, -0.25) is 0 Å². The first kappa shape index (κ1) is 23.8. The molecule has 0 aliphatic carbocycles. The fraction of sp³-hybridized carbons (Fsp3) is 0.100. The highest BCUT2D eigenvalue weighted by Gasteiger charge is 2.47. The highest BCUT2D eigenvalue weighted by Crippen LogP contribution is 2.54. The average molecular weight is 1160 g/mol. The van der Waals surface area contributed by atoms with Gasteiger partial charge < -0.3 is 28.3 Å². The molecule has 0 amide bonds. The quantitative estimate of drug-likeness (QED) is 0.155. The SMILES string of the molecule is [2H]c1c([2H])c([2H])c(N(c2c([2H])c([2H])c([2H])c([2H])c2[2H])c2c([2H])c3c4c(c2[2H])N2c5c(c([2H])c([2H])c([2H])c5-n5c6c([2H])c([2H])c([2H])c([2H])c6c6c([2H])c([2H])c([2H])c2c65)B4c2c([2H])c([2H])c(-n4c5c([2H])c([2H])c(C(C)(C)C)c([2H])c5c5c([2H])c(C(C)(C)C)c([2H])c([2H])c54)c([2H])c2N3c2c([2H])c([2H])c(-c3c([2H])c([2H])c([2H])c4c3oc3c([2H])c([2H])c([2H])c([2H])c34)c([2H])c2[2H])c([2H])c1[2H]. The molecule has 3 aromatic heterocycles. The number of hydrogen-bond donors (Lipinski definition) is 0. The van der Waals surface area contributed by atoms with Crippen molar-refractivity contribution in [2.75, 3.05) is 14.7 Å². The Morgan fingerprint density at radius 1 is 0.391 bits per heavy atom. The summed E-state index contributed by atoms with van der Waals surface area (Å²) in [6.45, 7) is 7.17. The van der Waals surface area contributed by atoms with Crippen LogP contribution >= 0.6 is 0 Å². The second kappa shape index (κ2) is 18.0. The first-order chi connectivity index (χ1) is 60.0. The normalized spacial score (nSPS) is 20.1. The Labute approximate surface area is 565 Å². The van der Waals surface area contributed by atoms with Crippen molar-refractivity contribution in [3.63, 3.8) is 0 Å². The number of aromatic nitrogens is 2. The minimum atomic E-state index is -2.47. The molecule has 15 aromatic rings. The number of hydrogen-bond acceptors (Lipinski definition) is 4. The number of benzene rings is 12. The van der Waals surface area contributed by atoms with E-state index in [1.165, 1.54) is 0 Å². The fourth-order valence-corrected chi connectivity index (χ4v) is 11.9. The van der Waals surface area contributed by atoms with Gasteiger partial charge in [0.1, 0.15) is 11.2 Å². The Balaban J connectivity index is 1.15. The van der Waals surface area contributed by atoms with Gasteiger partial charge in [-0.25, -0.2) is 0 Å². The molecule has 3 aliphatic heterocycles. The molecule has 0 radical (unpaired) electrons. The van der Waals surface area contributed by atoms with Crippen LogP contribution in [0.1, 0.15) is 110 Å². The summed E-state index contributed by atoms with van der Waals surface area (Å²) in [6, 6.07) is -45.6. The third kappa shape index (κ3) is 7.17. The van der Waals surface area contributed by atoms with E-state index in [9.17, 15) is 46.6 Å². The lowest BCUT2D eigenvalue weighted by atomic mass is 9.33. The van der Waals surface area contributed by atoms with Gasteiger partial charge >= 0.3 is 0 Å². The number of para-hydroxylation sites is 7. The molecule has 0 atom stereocenters. The maximum Gasteiger partial charge on any atom is 0.252 e. The molecule has 0 fully saturated rings. The first-order valence-corrected chi connectivity index (χ1v) is 27.1. The van der Waals surface area contributed by atoms with Gasteiger partial charge in [0, 0.05) is 77.7 Å². The monoisotopic (exact) mass is 1160 g/mol. The molecular weight excluding hydrogens is 1060 g/mol. The summed E-state index contributed by atoms with van der Waals surface area (Å²) >= 11 is 0. The summed E-state index contributed by atoms with van der Waals surface area (Å²) in [6.07, 6.45) is 0. The average Bonchev–Trinajstić information content (AvgIpc) is 1.63. The van der Waals surface area contributed by atoms with Gasteiger partial charge in [0.2, 0.25) is 0 Å². The van der Waals surface area contributed by atoms with Crippen molar-refractivity contribution in [2.45, 2.75) is 52.4 Å². The third-order valence-corrected chi connectivity index (χ3v) is 15.7. The first-order valence-electron chi connectivity index (χ1n) is 48.1. The van der Waals surface area contributed by atoms with Crippen LogP contribution in [0.15, 0.2) is 258 Å². The molecule has 12 aromatic carbocycles. The minimum Gasteiger partial charge on any atom is -0.455 e. The van der Waals surface area contributed by atoms with E-state index < -0.39 is 427 Å². The Morgan fingerprint density at radius 3 is 1.67 bits per heavy atom. The molecule has 0 saturated carbocycles. The van der Waals surface area contributed by atoms with Crippen LogP contribution < -0.4 is 31.1 Å². The zero-order chi connectivity index (χ0) is 94.7. The minimum absolute atomic E-state index is 0.124. The predicted octanol–water partition coefficient (Wildman–Crippen LogP) is 19.9. The van der Waals surface area contributed by atoms with E-state index >= 15 is 0 Å². The van der Waals surface area contributed by atoms with Crippen LogP contribution in [0.25, 0.3) is 88.1 Å². The molecule has 414 valence electrons. The largest absolute Gasteiger partial charge is 0.455 e. The van der Waals surface area contributed by atoms with Crippen LogP contribution in [-0.4, -0.2) is 15.8 Å². The molecule has 6 nitrogen and oxygen atoms in total. The fourth-order valence-electron chi connectivity index (χ4n) is 11.9. The van der Waals surface area contributed by atoms with Crippen LogP contribution in [0.4, 0.5) is 51.2 Å². The van der Waals surface area contributed by atoms with E-state index in [4.69, 9.17) is 15.4 Å². The summed E-state index contributed by atoms with van der Waals surface area (Å²) < 4.78 is 422. The summed E-state index contributed by atoms with van der Waals surface area (Å²) in [5.41, 5.74) is -23.1. The van der Waals surface area contributed by atoms with E-state index in [1.807, 2.05) is 0 Å². The van der Waals surface area contributed by atoms with Crippen molar-refractivity contribution in [1.82, 2.24) is 9.13 Å². The molecule has 0 bridgehead atoms. The van der Waals surface area contributed by atoms with Gasteiger partial charge in [0.05, 0.1) is 102 Å². The van der Waals surface area contributed by atoms with Crippen molar-refractivity contribution in [2.24, 2.45) is 0 Å². The summed E-state index contributed by atoms with van der Waals surface area (Å²) in [5.74, 6) is 0. The number of nitrogens with zero attached hydrogens (tertiary/aromatic N) is 5. The van der Waals surface area contributed by atoms with Crippen molar-refractivity contribution in [1.29, 1.82) is 0 Å². The maximum absolute atomic E-state index is 11.5. The zero-order valence-corrected chi connectivity index (χ0v) is 46.2. The van der Waals surface area contributed by atoms with Crippen LogP contribution in [0.3, 0.4) is 0 Å². The molecule has 3 aliphatic rings. The molecule has 6 heterocycles. The highest BCUT2D eigenvalue weighted by atomic mass is 16.3. The van der Waals surface area contributed by atoms with Gasteiger partial charge in [-0.05, 0) is 153 Å². The lowest BCUT2D eigenvalue weighted by Crippen LogP contribution is -2.61. The molecule has 0 spiro atoms. The van der Waals surface area contributed by atoms with Gasteiger partial charge in [0.15, 0.2) is 0 Å². The molecular formula is C80H60BN5O. The third-order valence-electron chi connectivity index (χ3n) is 15.7. The molecule has 87 heavy (non-hydrogen) atoms. The summed E-state index contributed by atoms with van der Waals surface area (Å²) in [4.78, 5) is 1.64. The van der Waals surface area contributed by atoms with E-state index in [-0.39, 0.29) is 11.1 Å². The Morgan fingerprint density at radius 2 is 0.966 bits per heavy atom. The molecule has 0 N–H and O–H groups in total.